The fraction of sp³-hybridized carbons (Fsp3) is 1.00. The summed E-state index contributed by atoms with van der Waals surface area (Å²) in [4.78, 5) is 0. The Morgan fingerprint density at radius 3 is 1.41 bits per heavy atom. The maximum atomic E-state index is 11.6. The summed E-state index contributed by atoms with van der Waals surface area (Å²) in [6.07, 6.45) is 3.34. The van der Waals surface area contributed by atoms with Gasteiger partial charge in [-0.3, -0.25) is 0 Å². The monoisotopic (exact) mass is 352 g/mol. The quantitative estimate of drug-likeness (QED) is 0.631. The van der Waals surface area contributed by atoms with E-state index in [1.165, 1.54) is 0 Å². The lowest BCUT2D eigenvalue weighted by molar-refractivity contribution is 0.465. The van der Waals surface area contributed by atoms with Crippen molar-refractivity contribution in [2.75, 3.05) is 24.6 Å². The first-order valence-electron chi connectivity index (χ1n) is 8.14. The molecule has 0 spiro atoms. The van der Waals surface area contributed by atoms with Crippen molar-refractivity contribution in [2.24, 2.45) is 0 Å². The lowest BCUT2D eigenvalue weighted by Gasteiger charge is -2.17. The number of sulfone groups is 2. The van der Waals surface area contributed by atoms with Gasteiger partial charge in [0.1, 0.15) is 0 Å². The Balaban J connectivity index is 1.57. The van der Waals surface area contributed by atoms with Gasteiger partial charge in [-0.2, -0.15) is 0 Å². The molecule has 2 saturated heterocycles. The Hall–Kier alpha value is -0.180. The first kappa shape index (κ1) is 18.2. The SMILES string of the molecule is CC1C(NCCCCNC2CCS(=O)(=O)C2C)CCS1(=O)=O. The standard InChI is InChI=1S/C14H28N2O4S2/c1-11-13(5-9-21(11,17)18)15-7-3-4-8-16-14-6-10-22(19,20)12(14)2/h11-16H,3-10H2,1-2H3. The van der Waals surface area contributed by atoms with E-state index < -0.39 is 19.7 Å². The van der Waals surface area contributed by atoms with Crippen LogP contribution in [0, 0.1) is 0 Å². The number of hydrogen-bond donors (Lipinski definition) is 2. The molecule has 2 N–H and O–H groups in total. The molecule has 0 bridgehead atoms. The first-order valence-corrected chi connectivity index (χ1v) is 11.6. The second kappa shape index (κ2) is 7.15. The minimum atomic E-state index is -2.88. The third-order valence-electron chi connectivity index (χ3n) is 5.11. The van der Waals surface area contributed by atoms with E-state index in [4.69, 9.17) is 0 Å². The maximum absolute atomic E-state index is 11.6. The fourth-order valence-corrected chi connectivity index (χ4v) is 6.66. The van der Waals surface area contributed by atoms with Crippen LogP contribution in [-0.2, 0) is 19.7 Å². The number of hydrogen-bond acceptors (Lipinski definition) is 6. The van der Waals surface area contributed by atoms with E-state index in [0.29, 0.717) is 24.3 Å². The molecule has 0 saturated carbocycles. The highest BCUT2D eigenvalue weighted by molar-refractivity contribution is 7.92. The molecule has 0 aromatic heterocycles. The number of unbranched alkanes of at least 4 members (excludes halogenated alkanes) is 1. The summed E-state index contributed by atoms with van der Waals surface area (Å²) in [5, 5.41) is 6.10. The van der Waals surface area contributed by atoms with Crippen molar-refractivity contribution < 1.29 is 16.8 Å². The van der Waals surface area contributed by atoms with Crippen molar-refractivity contribution in [1.29, 1.82) is 0 Å². The molecule has 8 heteroatoms. The summed E-state index contributed by atoms with van der Waals surface area (Å²) < 4.78 is 46.6. The van der Waals surface area contributed by atoms with E-state index in [9.17, 15) is 16.8 Å². The molecule has 0 aromatic carbocycles. The molecular formula is C14H28N2O4S2. The predicted molar refractivity (Wildman–Crippen MR) is 88.5 cm³/mol. The summed E-state index contributed by atoms with van der Waals surface area (Å²) in [5.74, 6) is 0.586. The van der Waals surface area contributed by atoms with Crippen LogP contribution < -0.4 is 10.6 Å². The summed E-state index contributed by atoms with van der Waals surface area (Å²) in [7, 11) is -5.76. The lowest BCUT2D eigenvalue weighted by atomic mass is 10.1. The molecule has 2 aliphatic heterocycles. The van der Waals surface area contributed by atoms with E-state index in [-0.39, 0.29) is 22.6 Å². The predicted octanol–water partition coefficient (Wildman–Crippen LogP) is 0.0970. The van der Waals surface area contributed by atoms with E-state index in [0.717, 1.165) is 25.9 Å². The van der Waals surface area contributed by atoms with Crippen LogP contribution in [0.3, 0.4) is 0 Å². The third-order valence-corrected chi connectivity index (χ3v) is 9.64. The Morgan fingerprint density at radius 2 is 1.14 bits per heavy atom. The molecule has 4 atom stereocenters. The highest BCUT2D eigenvalue weighted by Crippen LogP contribution is 2.21. The van der Waals surface area contributed by atoms with Crippen LogP contribution in [0.2, 0.25) is 0 Å². The summed E-state index contributed by atoms with van der Waals surface area (Å²) in [6, 6.07) is 0.163. The molecule has 2 rings (SSSR count). The zero-order chi connectivity index (χ0) is 16.4. The summed E-state index contributed by atoms with van der Waals surface area (Å²) >= 11 is 0. The van der Waals surface area contributed by atoms with Crippen LogP contribution in [0.1, 0.15) is 39.5 Å². The molecule has 2 aliphatic rings. The number of rotatable bonds is 7. The summed E-state index contributed by atoms with van der Waals surface area (Å²) in [6.45, 7) is 5.18. The molecule has 6 nitrogen and oxygen atoms in total. The molecule has 2 fully saturated rings. The highest BCUT2D eigenvalue weighted by atomic mass is 32.2. The van der Waals surface area contributed by atoms with Crippen molar-refractivity contribution in [2.45, 2.75) is 62.1 Å². The van der Waals surface area contributed by atoms with Gasteiger partial charge in [0.25, 0.3) is 0 Å². The second-order valence-electron chi connectivity index (χ2n) is 6.55. The molecule has 22 heavy (non-hydrogen) atoms. The van der Waals surface area contributed by atoms with E-state index in [2.05, 4.69) is 10.6 Å². The van der Waals surface area contributed by atoms with Gasteiger partial charge in [0.05, 0.1) is 22.0 Å². The molecule has 2 heterocycles. The average molecular weight is 353 g/mol. The van der Waals surface area contributed by atoms with Crippen LogP contribution in [0.4, 0.5) is 0 Å². The van der Waals surface area contributed by atoms with E-state index in [1.807, 2.05) is 0 Å². The van der Waals surface area contributed by atoms with Gasteiger partial charge in [0.15, 0.2) is 19.7 Å². The van der Waals surface area contributed by atoms with Crippen LogP contribution >= 0.6 is 0 Å². The summed E-state index contributed by atoms with van der Waals surface area (Å²) in [5.41, 5.74) is 0. The molecule has 0 aromatic rings. The molecule has 130 valence electrons. The van der Waals surface area contributed by atoms with Crippen molar-refractivity contribution in [3.05, 3.63) is 0 Å². The van der Waals surface area contributed by atoms with Crippen molar-refractivity contribution >= 4 is 19.7 Å². The normalized spacial score (nSPS) is 36.6. The minimum absolute atomic E-state index is 0.0814. The zero-order valence-corrected chi connectivity index (χ0v) is 15.0. The fourth-order valence-electron chi connectivity index (χ4n) is 3.29. The van der Waals surface area contributed by atoms with Gasteiger partial charge >= 0.3 is 0 Å². The average Bonchev–Trinajstić information content (AvgIpc) is 2.85. The van der Waals surface area contributed by atoms with Crippen molar-refractivity contribution in [1.82, 2.24) is 10.6 Å². The maximum Gasteiger partial charge on any atom is 0.154 e. The van der Waals surface area contributed by atoms with Gasteiger partial charge < -0.3 is 10.6 Å². The van der Waals surface area contributed by atoms with Gasteiger partial charge in [0.2, 0.25) is 0 Å². The molecule has 0 radical (unpaired) electrons. The Labute approximate surface area is 134 Å². The molecular weight excluding hydrogens is 324 g/mol. The Morgan fingerprint density at radius 1 is 0.773 bits per heavy atom. The smallest absolute Gasteiger partial charge is 0.154 e. The molecule has 4 unspecified atom stereocenters. The van der Waals surface area contributed by atoms with Crippen LogP contribution in [0.15, 0.2) is 0 Å². The first-order chi connectivity index (χ1) is 10.2. The van der Waals surface area contributed by atoms with Gasteiger partial charge in [-0.05, 0) is 52.6 Å². The second-order valence-corrected chi connectivity index (χ2v) is 11.5. The number of nitrogens with one attached hydrogen (secondary N) is 2. The van der Waals surface area contributed by atoms with E-state index in [1.54, 1.807) is 13.8 Å². The lowest BCUT2D eigenvalue weighted by Crippen LogP contribution is -2.38. The third kappa shape index (κ3) is 4.21. The van der Waals surface area contributed by atoms with Crippen molar-refractivity contribution in [3.8, 4) is 0 Å². The minimum Gasteiger partial charge on any atom is -0.313 e. The van der Waals surface area contributed by atoms with Crippen LogP contribution in [0.5, 0.6) is 0 Å². The Kier molecular flexibility index (Phi) is 5.90. The molecule has 0 aliphatic carbocycles. The van der Waals surface area contributed by atoms with Gasteiger partial charge in [-0.25, -0.2) is 16.8 Å². The largest absolute Gasteiger partial charge is 0.313 e. The van der Waals surface area contributed by atoms with Crippen LogP contribution in [-0.4, -0.2) is 64.0 Å². The van der Waals surface area contributed by atoms with E-state index >= 15 is 0 Å². The van der Waals surface area contributed by atoms with Crippen molar-refractivity contribution in [3.63, 3.8) is 0 Å². The topological polar surface area (TPSA) is 92.3 Å². The Bertz CT molecular complexity index is 522. The molecule has 0 amide bonds. The van der Waals surface area contributed by atoms with Crippen LogP contribution in [0.25, 0.3) is 0 Å². The highest BCUT2D eigenvalue weighted by Gasteiger charge is 2.36. The van der Waals surface area contributed by atoms with Gasteiger partial charge in [0, 0.05) is 12.1 Å². The zero-order valence-electron chi connectivity index (χ0n) is 13.4. The van der Waals surface area contributed by atoms with Gasteiger partial charge in [-0.1, -0.05) is 0 Å². The van der Waals surface area contributed by atoms with Gasteiger partial charge in [-0.15, -0.1) is 0 Å².